The van der Waals surface area contributed by atoms with Gasteiger partial charge in [-0.15, -0.1) is 23.1 Å². The van der Waals surface area contributed by atoms with Crippen LogP contribution in [-0.2, 0) is 30.5 Å². The molecule has 1 N–H and O–H groups in total. The fraction of sp³-hybridized carbons (Fsp3) is 0.655. The number of thioether (sulfide) groups is 2. The van der Waals surface area contributed by atoms with Gasteiger partial charge in [-0.2, -0.15) is 0 Å². The second-order valence-corrected chi connectivity index (χ2v) is 13.9. The second-order valence-electron chi connectivity index (χ2n) is 10.8. The molecule has 3 aliphatic heterocycles. The molecule has 3 unspecified atom stereocenters. The van der Waals surface area contributed by atoms with Gasteiger partial charge >= 0.3 is 5.97 Å². The zero-order valence-electron chi connectivity index (χ0n) is 23.9. The average molecular weight is 621 g/mol. The molecular weight excluding hydrogens is 581 g/mol. The van der Waals surface area contributed by atoms with Crippen molar-refractivity contribution in [3.05, 3.63) is 28.2 Å². The summed E-state index contributed by atoms with van der Waals surface area (Å²) in [5, 5.41) is 6.42. The van der Waals surface area contributed by atoms with Gasteiger partial charge in [0.2, 0.25) is 5.91 Å². The summed E-state index contributed by atoms with van der Waals surface area (Å²) in [7, 11) is 0. The summed E-state index contributed by atoms with van der Waals surface area (Å²) in [4.78, 5) is 62.9. The zero-order valence-corrected chi connectivity index (χ0v) is 26.3. The van der Waals surface area contributed by atoms with E-state index in [-0.39, 0.29) is 29.9 Å². The minimum absolute atomic E-state index is 0.0365. The van der Waals surface area contributed by atoms with Crippen molar-refractivity contribution < 1.29 is 23.9 Å². The van der Waals surface area contributed by atoms with Gasteiger partial charge in [-0.25, -0.2) is 9.78 Å². The minimum atomic E-state index is -0.970. The smallest absolute Gasteiger partial charge is 0.329 e. The lowest BCUT2D eigenvalue weighted by atomic mass is 10.0. The number of ether oxygens (including phenoxy) is 1. The quantitative estimate of drug-likeness (QED) is 0.223. The molecule has 0 aromatic carbocycles. The Labute approximate surface area is 254 Å². The minimum Gasteiger partial charge on any atom is -0.456 e. The molecule has 1 aromatic rings. The van der Waals surface area contributed by atoms with Crippen molar-refractivity contribution in [3.63, 3.8) is 0 Å². The first-order chi connectivity index (χ1) is 19.8. The van der Waals surface area contributed by atoms with Crippen LogP contribution in [0.3, 0.4) is 0 Å². The zero-order chi connectivity index (χ0) is 29.2. The van der Waals surface area contributed by atoms with Crippen LogP contribution in [0.15, 0.2) is 22.5 Å². The molecule has 9 nitrogen and oxygen atoms in total. The lowest BCUT2D eigenvalue weighted by Crippen LogP contribution is -2.51. The molecular formula is C29H40N4O5S3. The highest BCUT2D eigenvalue weighted by Gasteiger charge is 2.46. The van der Waals surface area contributed by atoms with E-state index in [1.807, 2.05) is 18.4 Å². The molecule has 224 valence electrons. The van der Waals surface area contributed by atoms with Crippen LogP contribution in [0.2, 0.25) is 0 Å². The summed E-state index contributed by atoms with van der Waals surface area (Å²) in [5.41, 5.74) is -0.263. The third-order valence-corrected chi connectivity index (χ3v) is 10.4. The van der Waals surface area contributed by atoms with Crippen molar-refractivity contribution in [2.24, 2.45) is 4.99 Å². The molecule has 1 fully saturated rings. The number of nitrogens with zero attached hydrogens (tertiary/aromatic N) is 3. The number of nitrogens with one attached hydrogen (secondary N) is 1. The Kier molecular flexibility index (Phi) is 11.9. The highest BCUT2D eigenvalue weighted by atomic mass is 32.2. The summed E-state index contributed by atoms with van der Waals surface area (Å²) < 4.78 is 5.83. The van der Waals surface area contributed by atoms with Crippen LogP contribution in [0, 0.1) is 0 Å². The van der Waals surface area contributed by atoms with Gasteiger partial charge in [0.05, 0.1) is 13.0 Å². The summed E-state index contributed by atoms with van der Waals surface area (Å²) in [6.45, 7) is 4.71. The van der Waals surface area contributed by atoms with Crippen molar-refractivity contribution in [2.45, 2.75) is 102 Å². The summed E-state index contributed by atoms with van der Waals surface area (Å²) in [5.74, 6) is 0.169. The predicted molar refractivity (Wildman–Crippen MR) is 165 cm³/mol. The number of hydrogen-bond donors (Lipinski definition) is 1. The lowest BCUT2D eigenvalue weighted by molar-refractivity contribution is -0.157. The Morgan fingerprint density at radius 1 is 1.27 bits per heavy atom. The third-order valence-electron chi connectivity index (χ3n) is 7.33. The van der Waals surface area contributed by atoms with E-state index in [2.05, 4.69) is 17.2 Å². The Bertz CT molecular complexity index is 1170. The molecule has 12 heteroatoms. The molecule has 4 bridgehead atoms. The topological polar surface area (TPSA) is 118 Å². The Balaban J connectivity index is 1.40. The van der Waals surface area contributed by atoms with Crippen LogP contribution < -0.4 is 5.32 Å². The number of rotatable bonds is 10. The predicted octanol–water partition coefficient (Wildman–Crippen LogP) is 4.88. The SMILES string of the molecule is CCCCCCCC(=O)SCC/C=C/C1CC(=O)NCc2nc(cs2)C2=NC(C)(CS2)C(=O)N2CCCC2C(=O)O1. The van der Waals surface area contributed by atoms with Crippen LogP contribution in [0.4, 0.5) is 0 Å². The van der Waals surface area contributed by atoms with Gasteiger partial charge in [0.1, 0.15) is 33.4 Å². The normalized spacial score (nSPS) is 25.3. The summed E-state index contributed by atoms with van der Waals surface area (Å²) in [6.07, 6.45) is 10.8. The number of hydrogen-bond acceptors (Lipinski definition) is 10. The van der Waals surface area contributed by atoms with Gasteiger partial charge in [-0.1, -0.05) is 50.4 Å². The van der Waals surface area contributed by atoms with Crippen LogP contribution in [0.1, 0.15) is 88.8 Å². The monoisotopic (exact) mass is 620 g/mol. The number of unbranched alkanes of at least 4 members (excludes halogenated alkanes) is 4. The standard InChI is InChI=1S/C29H40N4O5S3/c1-3-4-5-6-7-13-25(35)39-15-9-8-11-20-16-23(34)30-17-24-31-21(18-40-24)26-32-29(2,19-41-26)28(37)33-14-10-12-22(33)27(36)38-20/h8,11,18,20,22H,3-7,9-10,12-17,19H2,1-2H3,(H,30,34)/b11-8+. The van der Waals surface area contributed by atoms with Crippen molar-refractivity contribution in [2.75, 3.05) is 18.1 Å². The number of aliphatic imine (C=N–C) groups is 1. The number of fused-ring (bicyclic) bond motifs is 5. The molecule has 3 atom stereocenters. The number of aromatic nitrogens is 1. The molecule has 0 radical (unpaired) electrons. The Morgan fingerprint density at radius 3 is 2.93 bits per heavy atom. The van der Waals surface area contributed by atoms with Crippen LogP contribution >= 0.6 is 34.9 Å². The van der Waals surface area contributed by atoms with Crippen LogP contribution in [-0.4, -0.2) is 73.6 Å². The maximum Gasteiger partial charge on any atom is 0.329 e. The molecule has 4 heterocycles. The number of cyclic esters (lactones) is 1. The molecule has 4 rings (SSSR count). The largest absolute Gasteiger partial charge is 0.456 e. The van der Waals surface area contributed by atoms with Crippen molar-refractivity contribution >= 4 is 62.8 Å². The highest BCUT2D eigenvalue weighted by molar-refractivity contribution is 8.14. The Hall–Kier alpha value is -2.18. The number of esters is 1. The Morgan fingerprint density at radius 2 is 2.10 bits per heavy atom. The molecule has 0 saturated carbocycles. The van der Waals surface area contributed by atoms with Crippen LogP contribution in [0.5, 0.6) is 0 Å². The van der Waals surface area contributed by atoms with Gasteiger partial charge in [-0.05, 0) is 38.7 Å². The molecule has 0 aliphatic carbocycles. The van der Waals surface area contributed by atoms with Crippen LogP contribution in [0.25, 0.3) is 0 Å². The number of allylic oxidation sites excluding steroid dienone is 1. The van der Waals surface area contributed by atoms with Crippen molar-refractivity contribution in [3.8, 4) is 0 Å². The fourth-order valence-electron chi connectivity index (χ4n) is 5.03. The first-order valence-electron chi connectivity index (χ1n) is 14.6. The average Bonchev–Trinajstić information content (AvgIpc) is 3.71. The molecule has 41 heavy (non-hydrogen) atoms. The summed E-state index contributed by atoms with van der Waals surface area (Å²) in [6, 6.07) is -0.702. The highest BCUT2D eigenvalue weighted by Crippen LogP contribution is 2.35. The third kappa shape index (κ3) is 8.90. The van der Waals surface area contributed by atoms with Gasteiger partial charge in [0.25, 0.3) is 5.91 Å². The second kappa shape index (κ2) is 15.3. The molecule has 3 aliphatic rings. The van der Waals surface area contributed by atoms with E-state index in [4.69, 9.17) is 9.73 Å². The van der Waals surface area contributed by atoms with Gasteiger partial charge in [0, 0.05) is 29.9 Å². The van der Waals surface area contributed by atoms with Gasteiger partial charge < -0.3 is 15.0 Å². The maximum atomic E-state index is 13.6. The van der Waals surface area contributed by atoms with Gasteiger partial charge in [0.15, 0.2) is 5.12 Å². The number of carbonyl (C=O) groups excluding carboxylic acids is 4. The first-order valence-corrected chi connectivity index (χ1v) is 17.4. The van der Waals surface area contributed by atoms with E-state index >= 15 is 0 Å². The van der Waals surface area contributed by atoms with E-state index in [1.165, 1.54) is 54.1 Å². The molecule has 1 saturated heterocycles. The molecule has 0 spiro atoms. The van der Waals surface area contributed by atoms with E-state index < -0.39 is 23.7 Å². The maximum absolute atomic E-state index is 13.6. The number of carbonyl (C=O) groups is 4. The van der Waals surface area contributed by atoms with E-state index in [9.17, 15) is 19.2 Å². The van der Waals surface area contributed by atoms with E-state index in [0.717, 1.165) is 17.8 Å². The molecule has 1 aromatic heterocycles. The van der Waals surface area contributed by atoms with E-state index in [0.29, 0.717) is 54.5 Å². The number of thiazole rings is 1. The molecule has 2 amide bonds. The van der Waals surface area contributed by atoms with E-state index in [1.54, 1.807) is 11.0 Å². The number of amides is 2. The first kappa shape index (κ1) is 31.7. The van der Waals surface area contributed by atoms with Crippen molar-refractivity contribution in [1.82, 2.24) is 15.2 Å². The van der Waals surface area contributed by atoms with Crippen molar-refractivity contribution in [1.29, 1.82) is 0 Å². The lowest BCUT2D eigenvalue weighted by Gasteiger charge is -2.30. The van der Waals surface area contributed by atoms with Gasteiger partial charge in [-0.3, -0.25) is 19.4 Å². The fourth-order valence-corrected chi connectivity index (χ4v) is 7.72. The summed E-state index contributed by atoms with van der Waals surface area (Å²) >= 11 is 4.24.